The third kappa shape index (κ3) is 5.69. The quantitative estimate of drug-likeness (QED) is 0.473. The van der Waals surface area contributed by atoms with Gasteiger partial charge in [0.1, 0.15) is 0 Å². The second kappa shape index (κ2) is 10.7. The molecule has 168 valence electrons. The Morgan fingerprint density at radius 1 is 1.09 bits per heavy atom. The number of benzene rings is 2. The molecule has 2 N–H and O–H groups in total. The van der Waals surface area contributed by atoms with E-state index in [1.807, 2.05) is 55.7 Å². The Hall–Kier alpha value is -2.84. The number of thioether (sulfide) groups is 1. The van der Waals surface area contributed by atoms with Crippen LogP contribution < -0.4 is 10.6 Å². The Morgan fingerprint density at radius 3 is 2.38 bits per heavy atom. The number of hydrogen-bond acceptors (Lipinski definition) is 5. The molecule has 0 aliphatic rings. The van der Waals surface area contributed by atoms with Crippen LogP contribution in [0.25, 0.3) is 11.4 Å². The minimum Gasteiger partial charge on any atom is -0.346 e. The van der Waals surface area contributed by atoms with Crippen molar-refractivity contribution in [3.8, 4) is 11.4 Å². The summed E-state index contributed by atoms with van der Waals surface area (Å²) in [5.41, 5.74) is 3.63. The molecule has 1 atom stereocenters. The first-order chi connectivity index (χ1) is 15.3. The molecular formula is C23H26ClN5O2S. The number of anilines is 1. The molecule has 32 heavy (non-hydrogen) atoms. The normalized spacial score (nSPS) is 11.8. The van der Waals surface area contributed by atoms with E-state index in [2.05, 4.69) is 20.8 Å². The van der Waals surface area contributed by atoms with Gasteiger partial charge in [-0.15, -0.1) is 10.2 Å². The van der Waals surface area contributed by atoms with E-state index in [-0.39, 0.29) is 18.4 Å². The second-order valence-corrected chi connectivity index (χ2v) is 9.09. The van der Waals surface area contributed by atoms with E-state index in [9.17, 15) is 9.59 Å². The smallest absolute Gasteiger partial charge is 0.243 e. The fourth-order valence-electron chi connectivity index (χ4n) is 3.19. The van der Waals surface area contributed by atoms with Crippen molar-refractivity contribution in [1.82, 2.24) is 20.1 Å². The molecule has 2 amide bonds. The zero-order valence-corrected chi connectivity index (χ0v) is 20.0. The lowest BCUT2D eigenvalue weighted by Crippen LogP contribution is -2.37. The summed E-state index contributed by atoms with van der Waals surface area (Å²) in [7, 11) is 0. The van der Waals surface area contributed by atoms with Crippen molar-refractivity contribution in [2.45, 2.75) is 44.6 Å². The van der Waals surface area contributed by atoms with Crippen LogP contribution in [0.4, 0.5) is 5.69 Å². The SMILES string of the molecule is CCn1c(SC(C)C(=O)NCC(=O)Nc2c(C)cccc2C)nnc1-c1ccc(Cl)cc1. The van der Waals surface area contributed by atoms with Crippen molar-refractivity contribution < 1.29 is 9.59 Å². The summed E-state index contributed by atoms with van der Waals surface area (Å²) in [4.78, 5) is 24.9. The number of halogens is 1. The maximum Gasteiger partial charge on any atom is 0.243 e. The number of carbonyl (C=O) groups excluding carboxylic acids is 2. The topological polar surface area (TPSA) is 88.9 Å². The van der Waals surface area contributed by atoms with Crippen LogP contribution in [0.2, 0.25) is 5.02 Å². The second-order valence-electron chi connectivity index (χ2n) is 7.35. The van der Waals surface area contributed by atoms with Crippen molar-refractivity contribution in [2.75, 3.05) is 11.9 Å². The number of carbonyl (C=O) groups is 2. The Kier molecular flexibility index (Phi) is 7.93. The van der Waals surface area contributed by atoms with Gasteiger partial charge in [0.2, 0.25) is 11.8 Å². The molecule has 3 aromatic rings. The van der Waals surface area contributed by atoms with E-state index in [1.165, 1.54) is 11.8 Å². The molecule has 9 heteroatoms. The molecule has 0 fully saturated rings. The summed E-state index contributed by atoms with van der Waals surface area (Å²) in [5, 5.41) is 15.0. The highest BCUT2D eigenvalue weighted by Gasteiger charge is 2.21. The van der Waals surface area contributed by atoms with Gasteiger partial charge in [0.25, 0.3) is 0 Å². The van der Waals surface area contributed by atoms with Gasteiger partial charge in [0, 0.05) is 22.8 Å². The number of nitrogens with one attached hydrogen (secondary N) is 2. The summed E-state index contributed by atoms with van der Waals surface area (Å²) in [6.45, 7) is 8.19. The van der Waals surface area contributed by atoms with Crippen molar-refractivity contribution in [2.24, 2.45) is 0 Å². The largest absolute Gasteiger partial charge is 0.346 e. The number of rotatable bonds is 8. The van der Waals surface area contributed by atoms with Crippen molar-refractivity contribution >= 4 is 40.9 Å². The first-order valence-corrected chi connectivity index (χ1v) is 11.6. The molecule has 0 bridgehead atoms. The fraction of sp³-hybridized carbons (Fsp3) is 0.304. The third-order valence-electron chi connectivity index (χ3n) is 4.96. The zero-order chi connectivity index (χ0) is 23.3. The number of nitrogens with zero attached hydrogens (tertiary/aromatic N) is 3. The highest BCUT2D eigenvalue weighted by Crippen LogP contribution is 2.27. The highest BCUT2D eigenvalue weighted by molar-refractivity contribution is 8.00. The van der Waals surface area contributed by atoms with Crippen LogP contribution in [0.5, 0.6) is 0 Å². The monoisotopic (exact) mass is 471 g/mol. The maximum atomic E-state index is 12.6. The van der Waals surface area contributed by atoms with Crippen molar-refractivity contribution in [3.05, 3.63) is 58.6 Å². The van der Waals surface area contributed by atoms with Gasteiger partial charge < -0.3 is 15.2 Å². The fourth-order valence-corrected chi connectivity index (χ4v) is 4.25. The maximum absolute atomic E-state index is 12.6. The van der Waals surface area contributed by atoms with Gasteiger partial charge in [-0.1, -0.05) is 41.6 Å². The minimum atomic E-state index is -0.449. The molecule has 1 aromatic heterocycles. The van der Waals surface area contributed by atoms with Crippen LogP contribution in [0.1, 0.15) is 25.0 Å². The predicted molar refractivity (Wildman–Crippen MR) is 129 cm³/mol. The minimum absolute atomic E-state index is 0.103. The molecule has 0 saturated carbocycles. The molecule has 1 unspecified atom stereocenters. The first kappa shape index (κ1) is 23.8. The summed E-state index contributed by atoms with van der Waals surface area (Å²) >= 11 is 7.28. The number of amides is 2. The van der Waals surface area contributed by atoms with Gasteiger partial charge in [-0.25, -0.2) is 0 Å². The van der Waals surface area contributed by atoms with Gasteiger partial charge in [0.05, 0.1) is 11.8 Å². The summed E-state index contributed by atoms with van der Waals surface area (Å²) in [5.74, 6) is 0.201. The molecule has 2 aromatic carbocycles. The van der Waals surface area contributed by atoms with Gasteiger partial charge in [-0.2, -0.15) is 0 Å². The summed E-state index contributed by atoms with van der Waals surface area (Å²) < 4.78 is 1.95. The molecule has 3 rings (SSSR count). The first-order valence-electron chi connectivity index (χ1n) is 10.3. The van der Waals surface area contributed by atoms with Crippen LogP contribution in [-0.2, 0) is 16.1 Å². The van der Waals surface area contributed by atoms with Crippen LogP contribution in [0.3, 0.4) is 0 Å². The van der Waals surface area contributed by atoms with Crippen LogP contribution in [0, 0.1) is 13.8 Å². The number of hydrogen-bond donors (Lipinski definition) is 2. The lowest BCUT2D eigenvalue weighted by Gasteiger charge is -2.14. The van der Waals surface area contributed by atoms with Gasteiger partial charge in [-0.05, 0) is 63.1 Å². The van der Waals surface area contributed by atoms with Crippen molar-refractivity contribution in [1.29, 1.82) is 0 Å². The summed E-state index contributed by atoms with van der Waals surface area (Å²) in [6.07, 6.45) is 0. The van der Waals surface area contributed by atoms with E-state index in [1.54, 1.807) is 19.1 Å². The van der Waals surface area contributed by atoms with Crippen LogP contribution in [-0.4, -0.2) is 38.4 Å². The van der Waals surface area contributed by atoms with E-state index < -0.39 is 5.25 Å². The van der Waals surface area contributed by atoms with E-state index in [4.69, 9.17) is 11.6 Å². The average molecular weight is 472 g/mol. The van der Waals surface area contributed by atoms with Gasteiger partial charge in [0.15, 0.2) is 11.0 Å². The number of aromatic nitrogens is 3. The van der Waals surface area contributed by atoms with E-state index in [0.29, 0.717) is 22.5 Å². The molecule has 0 aliphatic carbocycles. The highest BCUT2D eigenvalue weighted by atomic mass is 35.5. The van der Waals surface area contributed by atoms with Crippen molar-refractivity contribution in [3.63, 3.8) is 0 Å². The molecule has 0 saturated heterocycles. The molecule has 0 aliphatic heterocycles. The standard InChI is InChI=1S/C23H26ClN5O2S/c1-5-29-21(17-9-11-18(24)12-10-17)27-28-23(29)32-16(4)22(31)25-13-19(30)26-20-14(2)7-6-8-15(20)3/h6-12,16H,5,13H2,1-4H3,(H,25,31)(H,26,30). The Balaban J connectivity index is 1.60. The van der Waals surface area contributed by atoms with Crippen LogP contribution in [0.15, 0.2) is 47.6 Å². The lowest BCUT2D eigenvalue weighted by atomic mass is 10.1. The predicted octanol–water partition coefficient (Wildman–Crippen LogP) is 4.47. The third-order valence-corrected chi connectivity index (χ3v) is 6.29. The Labute approximate surface area is 197 Å². The molecule has 7 nitrogen and oxygen atoms in total. The lowest BCUT2D eigenvalue weighted by molar-refractivity contribution is -0.123. The molecular weight excluding hydrogens is 446 g/mol. The Morgan fingerprint density at radius 2 is 1.75 bits per heavy atom. The van der Waals surface area contributed by atoms with E-state index in [0.717, 1.165) is 22.4 Å². The van der Waals surface area contributed by atoms with Crippen LogP contribution >= 0.6 is 23.4 Å². The summed E-state index contributed by atoms with van der Waals surface area (Å²) in [6, 6.07) is 13.2. The Bertz CT molecular complexity index is 1090. The van der Waals surface area contributed by atoms with Gasteiger partial charge >= 0.3 is 0 Å². The average Bonchev–Trinajstić information content (AvgIpc) is 3.17. The van der Waals surface area contributed by atoms with E-state index >= 15 is 0 Å². The number of aryl methyl sites for hydroxylation is 2. The number of para-hydroxylation sites is 1. The molecule has 0 spiro atoms. The zero-order valence-electron chi connectivity index (χ0n) is 18.5. The van der Waals surface area contributed by atoms with Gasteiger partial charge in [-0.3, -0.25) is 9.59 Å². The molecule has 1 heterocycles. The molecule has 0 radical (unpaired) electrons.